The van der Waals surface area contributed by atoms with Gasteiger partial charge in [0.05, 0.1) is 0 Å². The summed E-state index contributed by atoms with van der Waals surface area (Å²) in [5, 5.41) is 1.65. The van der Waals surface area contributed by atoms with Crippen LogP contribution in [0.25, 0.3) is 10.8 Å². The first-order valence-corrected chi connectivity index (χ1v) is 13.3. The Morgan fingerprint density at radius 1 is 0.848 bits per heavy atom. The van der Waals surface area contributed by atoms with Gasteiger partial charge in [-0.1, -0.05) is 61.4 Å². The molecule has 2 aromatic rings. The van der Waals surface area contributed by atoms with Crippen LogP contribution in [0.5, 0.6) is 5.75 Å². The maximum absolute atomic E-state index is 14.9. The van der Waals surface area contributed by atoms with E-state index in [-0.39, 0.29) is 5.82 Å². The number of hydrogen-bond acceptors (Lipinski definition) is 1. The van der Waals surface area contributed by atoms with Crippen LogP contribution in [-0.2, 0) is 0 Å². The number of fused-ring (bicyclic) bond motifs is 1. The molecule has 0 atom stereocenters. The molecule has 0 N–H and O–H groups in total. The lowest BCUT2D eigenvalue weighted by atomic mass is 9.74. The van der Waals surface area contributed by atoms with E-state index in [9.17, 15) is 4.39 Å². The molecule has 2 saturated carbocycles. The van der Waals surface area contributed by atoms with Gasteiger partial charge in [0.1, 0.15) is 6.61 Å². The van der Waals surface area contributed by atoms with Crippen LogP contribution in [0, 0.1) is 23.6 Å². The molecule has 1 nitrogen and oxygen atoms in total. The number of ether oxygens (including phenoxy) is 1. The lowest BCUT2D eigenvalue weighted by Crippen LogP contribution is -2.17. The van der Waals surface area contributed by atoms with Crippen LogP contribution in [0.15, 0.2) is 54.6 Å². The van der Waals surface area contributed by atoms with Crippen molar-refractivity contribution in [2.75, 3.05) is 6.61 Å². The van der Waals surface area contributed by atoms with Crippen molar-refractivity contribution >= 4 is 10.8 Å². The zero-order chi connectivity index (χ0) is 23.0. The number of allylic oxidation sites excluding steroid dienone is 3. The molecule has 0 heterocycles. The van der Waals surface area contributed by atoms with E-state index in [0.29, 0.717) is 23.7 Å². The minimum absolute atomic E-state index is 0.244. The quantitative estimate of drug-likeness (QED) is 0.365. The Hall–Kier alpha value is -2.09. The van der Waals surface area contributed by atoms with Gasteiger partial charge in [-0.15, -0.1) is 0 Å². The minimum atomic E-state index is -0.244. The van der Waals surface area contributed by atoms with Crippen LogP contribution < -0.4 is 4.74 Å². The maximum atomic E-state index is 14.9. The SMILES string of the molecule is CC=CCOc1ccc2cc(C3CCC(CCC4CCC(/C=C/C)CC4)CC3)ccc2c1F. The molecule has 2 aliphatic carbocycles. The largest absolute Gasteiger partial charge is 0.486 e. The third-order valence-corrected chi connectivity index (χ3v) is 8.17. The van der Waals surface area contributed by atoms with Crippen LogP contribution in [0.2, 0.25) is 0 Å². The van der Waals surface area contributed by atoms with Crippen molar-refractivity contribution in [3.05, 3.63) is 66.0 Å². The number of halogens is 1. The molecule has 2 aliphatic rings. The van der Waals surface area contributed by atoms with Crippen LogP contribution in [0.1, 0.15) is 89.5 Å². The second kappa shape index (κ2) is 11.9. The standard InChI is InChI=1S/C31H41FO/c1-3-5-21-33-30-20-18-28-22-27(17-19-29(28)31(30)32)26-15-13-25(14-16-26)12-11-24-9-7-23(6-4-2)8-10-24/h3-6,17-20,22-26H,7-16,21H2,1-2H3/b5-3?,6-4+. The molecule has 2 fully saturated rings. The zero-order valence-corrected chi connectivity index (χ0v) is 20.6. The molecule has 0 spiro atoms. The van der Waals surface area contributed by atoms with Crippen LogP contribution in [0.4, 0.5) is 4.39 Å². The van der Waals surface area contributed by atoms with Crippen molar-refractivity contribution in [1.82, 2.24) is 0 Å². The third-order valence-electron chi connectivity index (χ3n) is 8.17. The highest BCUT2D eigenvalue weighted by molar-refractivity contribution is 5.85. The predicted octanol–water partition coefficient (Wildman–Crippen LogP) is 9.37. The summed E-state index contributed by atoms with van der Waals surface area (Å²) < 4.78 is 20.4. The molecule has 2 heteroatoms. The van der Waals surface area contributed by atoms with Crippen molar-refractivity contribution in [2.45, 2.75) is 84.0 Å². The summed E-state index contributed by atoms with van der Waals surface area (Å²) in [6, 6.07) is 10.1. The Morgan fingerprint density at radius 3 is 2.21 bits per heavy atom. The lowest BCUT2D eigenvalue weighted by Gasteiger charge is -2.31. The van der Waals surface area contributed by atoms with Gasteiger partial charge in [0, 0.05) is 5.39 Å². The first kappa shape index (κ1) is 24.0. The molecule has 4 rings (SSSR count). The molecule has 2 aromatic carbocycles. The monoisotopic (exact) mass is 448 g/mol. The van der Waals surface area contributed by atoms with Crippen molar-refractivity contribution in [1.29, 1.82) is 0 Å². The number of rotatable bonds is 8. The minimum Gasteiger partial charge on any atom is -0.486 e. The Kier molecular flexibility index (Phi) is 8.64. The van der Waals surface area contributed by atoms with E-state index >= 15 is 0 Å². The molecule has 0 radical (unpaired) electrons. The van der Waals surface area contributed by atoms with Crippen molar-refractivity contribution in [3.8, 4) is 5.75 Å². The van der Waals surface area contributed by atoms with Crippen LogP contribution in [-0.4, -0.2) is 6.61 Å². The molecule has 0 aliphatic heterocycles. The van der Waals surface area contributed by atoms with Gasteiger partial charge < -0.3 is 4.74 Å². The predicted molar refractivity (Wildman–Crippen MR) is 138 cm³/mol. The third kappa shape index (κ3) is 6.28. The smallest absolute Gasteiger partial charge is 0.172 e. The average molecular weight is 449 g/mol. The average Bonchev–Trinajstić information content (AvgIpc) is 2.85. The maximum Gasteiger partial charge on any atom is 0.172 e. The summed E-state index contributed by atoms with van der Waals surface area (Å²) in [4.78, 5) is 0. The highest BCUT2D eigenvalue weighted by atomic mass is 19.1. The Morgan fingerprint density at radius 2 is 1.55 bits per heavy atom. The topological polar surface area (TPSA) is 9.23 Å². The van der Waals surface area contributed by atoms with E-state index in [2.05, 4.69) is 31.2 Å². The first-order valence-electron chi connectivity index (χ1n) is 13.3. The van der Waals surface area contributed by atoms with Gasteiger partial charge in [-0.05, 0) is 106 Å². The lowest BCUT2D eigenvalue weighted by molar-refractivity contribution is 0.246. The fraction of sp³-hybridized carbons (Fsp3) is 0.548. The summed E-state index contributed by atoms with van der Waals surface area (Å²) in [7, 11) is 0. The van der Waals surface area contributed by atoms with E-state index in [1.807, 2.05) is 31.2 Å². The highest BCUT2D eigenvalue weighted by Crippen LogP contribution is 2.41. The van der Waals surface area contributed by atoms with Crippen molar-refractivity contribution < 1.29 is 9.13 Å². The van der Waals surface area contributed by atoms with Gasteiger partial charge in [-0.2, -0.15) is 0 Å². The molecule has 0 amide bonds. The molecular formula is C31H41FO. The molecule has 33 heavy (non-hydrogen) atoms. The zero-order valence-electron chi connectivity index (χ0n) is 20.6. The van der Waals surface area contributed by atoms with Gasteiger partial charge in [0.15, 0.2) is 11.6 Å². The van der Waals surface area contributed by atoms with Crippen LogP contribution >= 0.6 is 0 Å². The summed E-state index contributed by atoms with van der Waals surface area (Å²) in [5.41, 5.74) is 1.38. The second-order valence-corrected chi connectivity index (χ2v) is 10.3. The van der Waals surface area contributed by atoms with Gasteiger partial charge in [-0.25, -0.2) is 4.39 Å². The normalized spacial score (nSPS) is 26.4. The van der Waals surface area contributed by atoms with E-state index < -0.39 is 0 Å². The second-order valence-electron chi connectivity index (χ2n) is 10.3. The van der Waals surface area contributed by atoms with E-state index in [1.54, 1.807) is 6.07 Å². The van der Waals surface area contributed by atoms with Crippen molar-refractivity contribution in [2.24, 2.45) is 17.8 Å². The molecule has 178 valence electrons. The Labute approximate surface area is 200 Å². The molecule has 0 unspecified atom stereocenters. The van der Waals surface area contributed by atoms with Crippen molar-refractivity contribution in [3.63, 3.8) is 0 Å². The molecular weight excluding hydrogens is 407 g/mol. The molecule has 0 saturated heterocycles. The van der Waals surface area contributed by atoms with E-state index in [1.165, 1.54) is 69.8 Å². The van der Waals surface area contributed by atoms with Crippen LogP contribution in [0.3, 0.4) is 0 Å². The molecule has 0 aromatic heterocycles. The van der Waals surface area contributed by atoms with Gasteiger partial charge in [0.25, 0.3) is 0 Å². The summed E-state index contributed by atoms with van der Waals surface area (Å²) >= 11 is 0. The van der Waals surface area contributed by atoms with Gasteiger partial charge in [0.2, 0.25) is 0 Å². The first-order chi connectivity index (χ1) is 16.2. The highest BCUT2D eigenvalue weighted by Gasteiger charge is 2.25. The fourth-order valence-electron chi connectivity index (χ4n) is 6.09. The summed E-state index contributed by atoms with van der Waals surface area (Å²) in [5.74, 6) is 3.43. The Bertz CT molecular complexity index is 943. The number of benzene rings is 2. The summed E-state index contributed by atoms with van der Waals surface area (Å²) in [6.45, 7) is 4.49. The van der Waals surface area contributed by atoms with Gasteiger partial charge >= 0.3 is 0 Å². The van der Waals surface area contributed by atoms with Gasteiger partial charge in [-0.3, -0.25) is 0 Å². The summed E-state index contributed by atoms with van der Waals surface area (Å²) in [6.07, 6.45) is 22.2. The fourth-order valence-corrected chi connectivity index (χ4v) is 6.09. The molecule has 0 bridgehead atoms. The number of hydrogen-bond donors (Lipinski definition) is 0. The Balaban J connectivity index is 1.27. The van der Waals surface area contributed by atoms with E-state index in [0.717, 1.165) is 23.1 Å². The van der Waals surface area contributed by atoms with E-state index in [4.69, 9.17) is 4.74 Å².